The van der Waals surface area contributed by atoms with Gasteiger partial charge in [-0.15, -0.1) is 0 Å². The van der Waals surface area contributed by atoms with E-state index in [-0.39, 0.29) is 5.82 Å². The topological polar surface area (TPSA) is 66.6 Å². The Morgan fingerprint density at radius 1 is 0.729 bits per heavy atom. The molecule has 2 fully saturated rings. The highest BCUT2D eigenvalue weighted by molar-refractivity contribution is 5.79. The number of rotatable bonds is 14. The Morgan fingerprint density at radius 2 is 1.35 bits per heavy atom. The van der Waals surface area contributed by atoms with Gasteiger partial charge in [-0.25, -0.2) is 14.4 Å². The Kier molecular flexibility index (Phi) is 10.5. The van der Waals surface area contributed by atoms with Crippen molar-refractivity contribution in [2.24, 2.45) is 0 Å². The van der Waals surface area contributed by atoms with Gasteiger partial charge in [-0.05, 0) is 87.7 Å². The van der Waals surface area contributed by atoms with E-state index in [1.165, 1.54) is 37.0 Å². The average molecular weight is 653 g/mol. The summed E-state index contributed by atoms with van der Waals surface area (Å²) in [4.78, 5) is 17.7. The van der Waals surface area contributed by atoms with Crippen LogP contribution in [0.4, 0.5) is 16.3 Å². The lowest BCUT2D eigenvalue weighted by molar-refractivity contribution is 0.140. The number of likely N-dealkylation sites (tertiary alicyclic amines) is 1. The second kappa shape index (κ2) is 15.5. The first-order valence-corrected chi connectivity index (χ1v) is 17.8. The molecule has 2 aliphatic rings. The van der Waals surface area contributed by atoms with Gasteiger partial charge in [0.25, 0.3) is 0 Å². The minimum Gasteiger partial charge on any atom is -0.380 e. The molecular weight excluding hydrogens is 603 g/mol. The number of nitrogens with one attached hydrogen (secondary N) is 1. The molecule has 0 radical (unpaired) electrons. The van der Waals surface area contributed by atoms with Gasteiger partial charge in [-0.1, -0.05) is 36.4 Å². The SMILES string of the molecule is CCOCCn1c(N2CCN(CCCCN3CCC(Nc4nc5ccccc5n4Cc4ccc(F)cc4)CC3)CC2)nc2ccccc21. The first kappa shape index (κ1) is 32.6. The maximum absolute atomic E-state index is 13.5. The summed E-state index contributed by atoms with van der Waals surface area (Å²) in [6.45, 7) is 13.7. The van der Waals surface area contributed by atoms with Crippen molar-refractivity contribution in [2.75, 3.05) is 75.8 Å². The average Bonchev–Trinajstić information content (AvgIpc) is 3.66. The normalized spacial score (nSPS) is 16.8. The molecule has 0 spiro atoms. The second-order valence-corrected chi connectivity index (χ2v) is 13.2. The first-order valence-electron chi connectivity index (χ1n) is 17.8. The second-order valence-electron chi connectivity index (χ2n) is 13.2. The zero-order valence-electron chi connectivity index (χ0n) is 28.2. The van der Waals surface area contributed by atoms with E-state index in [4.69, 9.17) is 14.7 Å². The van der Waals surface area contributed by atoms with Crippen LogP contribution in [0.25, 0.3) is 22.1 Å². The summed E-state index contributed by atoms with van der Waals surface area (Å²) in [7, 11) is 0. The van der Waals surface area contributed by atoms with Gasteiger partial charge in [0.15, 0.2) is 0 Å². The first-order chi connectivity index (χ1) is 23.6. The number of hydrogen-bond donors (Lipinski definition) is 1. The van der Waals surface area contributed by atoms with Crippen LogP contribution in [0.2, 0.25) is 0 Å². The molecule has 2 aliphatic heterocycles. The van der Waals surface area contributed by atoms with Crippen LogP contribution >= 0.6 is 0 Å². The standard InChI is InChI=1S/C38H49FN8O/c1-2-48-28-27-46-35-11-5-4-10-34(35)42-38(46)45-25-23-44(24-26-45)20-8-7-19-43-21-17-32(18-22-43)40-37-41-33-9-3-6-12-36(33)47(37)29-30-13-15-31(39)16-14-30/h3-6,9-16,32H,2,7-8,17-29H2,1H3,(H,40,41). The lowest BCUT2D eigenvalue weighted by Gasteiger charge is -2.36. The van der Waals surface area contributed by atoms with E-state index >= 15 is 0 Å². The molecule has 9 nitrogen and oxygen atoms in total. The predicted molar refractivity (Wildman–Crippen MR) is 192 cm³/mol. The minimum atomic E-state index is -0.208. The van der Waals surface area contributed by atoms with Gasteiger partial charge in [0.05, 0.1) is 35.2 Å². The molecular formula is C38H49FN8O. The van der Waals surface area contributed by atoms with Crippen molar-refractivity contribution in [1.82, 2.24) is 28.9 Å². The summed E-state index contributed by atoms with van der Waals surface area (Å²) < 4.78 is 23.8. The van der Waals surface area contributed by atoms with E-state index in [1.54, 1.807) is 0 Å². The number of nitrogens with zero attached hydrogens (tertiary/aromatic N) is 7. The molecule has 10 heteroatoms. The smallest absolute Gasteiger partial charge is 0.206 e. The number of imidazole rings is 2. The zero-order valence-corrected chi connectivity index (χ0v) is 28.2. The summed E-state index contributed by atoms with van der Waals surface area (Å²) >= 11 is 0. The number of piperidine rings is 1. The van der Waals surface area contributed by atoms with E-state index in [0.29, 0.717) is 19.2 Å². The van der Waals surface area contributed by atoms with Gasteiger partial charge < -0.3 is 29.0 Å². The van der Waals surface area contributed by atoms with Gasteiger partial charge in [0, 0.05) is 58.5 Å². The summed E-state index contributed by atoms with van der Waals surface area (Å²) in [6.07, 6.45) is 4.69. The van der Waals surface area contributed by atoms with Gasteiger partial charge in [0.1, 0.15) is 5.82 Å². The number of aromatic nitrogens is 4. The molecule has 1 N–H and O–H groups in total. The van der Waals surface area contributed by atoms with Crippen molar-refractivity contribution in [3.05, 3.63) is 84.2 Å². The molecule has 0 aliphatic carbocycles. The number of fused-ring (bicyclic) bond motifs is 2. The quantitative estimate of drug-likeness (QED) is 0.146. The van der Waals surface area contributed by atoms with Crippen molar-refractivity contribution in [2.45, 2.75) is 51.7 Å². The Morgan fingerprint density at radius 3 is 2.04 bits per heavy atom. The lowest BCUT2D eigenvalue weighted by Crippen LogP contribution is -2.47. The van der Waals surface area contributed by atoms with Crippen LogP contribution < -0.4 is 10.2 Å². The molecule has 0 bridgehead atoms. The van der Waals surface area contributed by atoms with Crippen LogP contribution in [0.15, 0.2) is 72.8 Å². The number of ether oxygens (including phenoxy) is 1. The van der Waals surface area contributed by atoms with Crippen LogP contribution in [0.5, 0.6) is 0 Å². The van der Waals surface area contributed by atoms with Crippen LogP contribution in [0.1, 0.15) is 38.2 Å². The Bertz CT molecular complexity index is 1750. The molecule has 3 aromatic carbocycles. The number of unbranched alkanes of at least 4 members (excludes halogenated alkanes) is 1. The summed E-state index contributed by atoms with van der Waals surface area (Å²) in [5.41, 5.74) is 5.40. The van der Waals surface area contributed by atoms with E-state index in [1.807, 2.05) is 25.1 Å². The van der Waals surface area contributed by atoms with Gasteiger partial charge in [0.2, 0.25) is 11.9 Å². The van der Waals surface area contributed by atoms with E-state index in [2.05, 4.69) is 71.6 Å². The molecule has 0 unspecified atom stereocenters. The van der Waals surface area contributed by atoms with Crippen molar-refractivity contribution in [1.29, 1.82) is 0 Å². The number of anilines is 2. The highest BCUT2D eigenvalue weighted by atomic mass is 19.1. The van der Waals surface area contributed by atoms with E-state index < -0.39 is 0 Å². The lowest BCUT2D eigenvalue weighted by atomic mass is 10.0. The number of piperazine rings is 1. The molecule has 5 aromatic rings. The summed E-state index contributed by atoms with van der Waals surface area (Å²) in [5, 5.41) is 3.77. The fourth-order valence-corrected chi connectivity index (χ4v) is 7.27. The van der Waals surface area contributed by atoms with E-state index in [0.717, 1.165) is 106 Å². The highest BCUT2D eigenvalue weighted by Gasteiger charge is 2.24. The van der Waals surface area contributed by atoms with Crippen LogP contribution in [-0.2, 0) is 17.8 Å². The molecule has 254 valence electrons. The number of hydrogen-bond acceptors (Lipinski definition) is 7. The third kappa shape index (κ3) is 7.66. The van der Waals surface area contributed by atoms with E-state index in [9.17, 15) is 4.39 Å². The fourth-order valence-electron chi connectivity index (χ4n) is 7.27. The largest absolute Gasteiger partial charge is 0.380 e. The maximum atomic E-state index is 13.5. The predicted octanol–water partition coefficient (Wildman–Crippen LogP) is 6.09. The summed E-state index contributed by atoms with van der Waals surface area (Å²) in [6, 6.07) is 23.9. The minimum absolute atomic E-state index is 0.208. The molecule has 0 saturated carbocycles. The van der Waals surface area contributed by atoms with Gasteiger partial charge >= 0.3 is 0 Å². The molecule has 0 atom stereocenters. The Hall–Kier alpha value is -3.99. The molecule has 0 amide bonds. The third-order valence-corrected chi connectivity index (χ3v) is 9.98. The monoisotopic (exact) mass is 652 g/mol. The van der Waals surface area contributed by atoms with Crippen molar-refractivity contribution >= 4 is 34.0 Å². The molecule has 2 saturated heterocycles. The highest BCUT2D eigenvalue weighted by Crippen LogP contribution is 2.26. The Labute approximate surface area is 283 Å². The third-order valence-electron chi connectivity index (χ3n) is 9.98. The molecule has 2 aromatic heterocycles. The van der Waals surface area contributed by atoms with Crippen LogP contribution in [0, 0.1) is 5.82 Å². The fraction of sp³-hybridized carbons (Fsp3) is 0.474. The molecule has 48 heavy (non-hydrogen) atoms. The number of para-hydroxylation sites is 4. The maximum Gasteiger partial charge on any atom is 0.206 e. The van der Waals surface area contributed by atoms with Gasteiger partial charge in [-0.3, -0.25) is 4.90 Å². The van der Waals surface area contributed by atoms with Crippen molar-refractivity contribution in [3.8, 4) is 0 Å². The van der Waals surface area contributed by atoms with Crippen LogP contribution in [0.3, 0.4) is 0 Å². The molecule has 7 rings (SSSR count). The van der Waals surface area contributed by atoms with Crippen molar-refractivity contribution in [3.63, 3.8) is 0 Å². The molecule has 4 heterocycles. The zero-order chi connectivity index (χ0) is 32.7. The number of benzene rings is 3. The van der Waals surface area contributed by atoms with Crippen LogP contribution in [-0.4, -0.2) is 101 Å². The Balaban J connectivity index is 0.845. The summed E-state index contributed by atoms with van der Waals surface area (Å²) in [5.74, 6) is 1.78. The van der Waals surface area contributed by atoms with Gasteiger partial charge in [-0.2, -0.15) is 0 Å². The van der Waals surface area contributed by atoms with Crippen molar-refractivity contribution < 1.29 is 9.13 Å². The number of halogens is 1.